The minimum absolute atomic E-state index is 0.0214. The summed E-state index contributed by atoms with van der Waals surface area (Å²) in [5.74, 6) is 0.0331. The summed E-state index contributed by atoms with van der Waals surface area (Å²) in [5.41, 5.74) is 0.142. The van der Waals surface area contributed by atoms with Crippen molar-refractivity contribution in [3.05, 3.63) is 35.4 Å². The third kappa shape index (κ3) is 3.04. The van der Waals surface area contributed by atoms with Gasteiger partial charge < -0.3 is 4.74 Å². The van der Waals surface area contributed by atoms with Gasteiger partial charge in [0.2, 0.25) is 5.28 Å². The number of hydrogen-bond acceptors (Lipinski definition) is 3. The molecule has 20 heavy (non-hydrogen) atoms. The Balaban J connectivity index is 2.56. The zero-order valence-corrected chi connectivity index (χ0v) is 11.4. The second kappa shape index (κ2) is 5.32. The summed E-state index contributed by atoms with van der Waals surface area (Å²) in [6, 6.07) is 5.70. The predicted molar refractivity (Wildman–Crippen MR) is 67.1 cm³/mol. The highest BCUT2D eigenvalue weighted by Crippen LogP contribution is 2.32. The van der Waals surface area contributed by atoms with Gasteiger partial charge in [0.05, 0.1) is 5.69 Å². The summed E-state index contributed by atoms with van der Waals surface area (Å²) in [4.78, 5) is 0. The summed E-state index contributed by atoms with van der Waals surface area (Å²) < 4.78 is 42.6. The SMILES string of the molecule is CC(C)c1nnc(Cl)n1-c1ccccc1OC(F)(F)F. The Kier molecular flexibility index (Phi) is 3.89. The molecule has 2 rings (SSSR count). The number of alkyl halides is 3. The van der Waals surface area contributed by atoms with Gasteiger partial charge in [-0.25, -0.2) is 0 Å². The molecule has 0 saturated carbocycles. The van der Waals surface area contributed by atoms with Gasteiger partial charge in [0.15, 0.2) is 5.75 Å². The molecule has 0 fully saturated rings. The van der Waals surface area contributed by atoms with Gasteiger partial charge in [-0.1, -0.05) is 26.0 Å². The van der Waals surface area contributed by atoms with Crippen LogP contribution in [0.15, 0.2) is 24.3 Å². The molecule has 108 valence electrons. The Bertz CT molecular complexity index is 610. The smallest absolute Gasteiger partial charge is 0.404 e. The van der Waals surface area contributed by atoms with Crippen molar-refractivity contribution in [1.29, 1.82) is 0 Å². The summed E-state index contributed by atoms with van der Waals surface area (Å²) in [6.45, 7) is 3.67. The minimum atomic E-state index is -4.78. The van der Waals surface area contributed by atoms with E-state index in [-0.39, 0.29) is 22.6 Å². The van der Waals surface area contributed by atoms with Crippen molar-refractivity contribution >= 4 is 11.6 Å². The first kappa shape index (κ1) is 14.6. The number of para-hydroxylation sites is 2. The van der Waals surface area contributed by atoms with E-state index >= 15 is 0 Å². The average Bonchev–Trinajstić information content (AvgIpc) is 2.70. The van der Waals surface area contributed by atoms with Gasteiger partial charge in [-0.15, -0.1) is 23.4 Å². The highest BCUT2D eigenvalue weighted by atomic mass is 35.5. The van der Waals surface area contributed by atoms with Crippen molar-refractivity contribution in [2.24, 2.45) is 0 Å². The number of hydrogen-bond donors (Lipinski definition) is 0. The summed E-state index contributed by atoms with van der Waals surface area (Å²) in [6.07, 6.45) is -4.78. The number of nitrogens with zero attached hydrogens (tertiary/aromatic N) is 3. The normalized spacial score (nSPS) is 11.9. The van der Waals surface area contributed by atoms with E-state index in [0.29, 0.717) is 5.82 Å². The van der Waals surface area contributed by atoms with Crippen LogP contribution < -0.4 is 4.74 Å². The van der Waals surface area contributed by atoms with Gasteiger partial charge in [-0.2, -0.15) is 0 Å². The lowest BCUT2D eigenvalue weighted by Gasteiger charge is -2.16. The molecule has 1 aromatic heterocycles. The van der Waals surface area contributed by atoms with Crippen LogP contribution in [0.2, 0.25) is 5.28 Å². The molecular formula is C12H11ClF3N3O. The molecule has 0 amide bonds. The first-order valence-electron chi connectivity index (χ1n) is 5.75. The second-order valence-electron chi connectivity index (χ2n) is 4.33. The van der Waals surface area contributed by atoms with E-state index in [2.05, 4.69) is 14.9 Å². The van der Waals surface area contributed by atoms with Crippen LogP contribution in [0.3, 0.4) is 0 Å². The van der Waals surface area contributed by atoms with Gasteiger partial charge in [0, 0.05) is 5.92 Å². The van der Waals surface area contributed by atoms with Crippen molar-refractivity contribution in [2.45, 2.75) is 26.1 Å². The maximum atomic E-state index is 12.4. The monoisotopic (exact) mass is 305 g/mol. The molecule has 4 nitrogen and oxygen atoms in total. The third-order valence-electron chi connectivity index (χ3n) is 2.50. The van der Waals surface area contributed by atoms with Gasteiger partial charge in [-0.3, -0.25) is 4.57 Å². The van der Waals surface area contributed by atoms with Crippen LogP contribution in [0.5, 0.6) is 5.75 Å². The molecule has 0 aliphatic heterocycles. The molecule has 2 aromatic rings. The Hall–Kier alpha value is -1.76. The lowest BCUT2D eigenvalue weighted by Crippen LogP contribution is -2.18. The molecule has 0 bridgehead atoms. The maximum Gasteiger partial charge on any atom is 0.573 e. The molecule has 0 aliphatic rings. The Morgan fingerprint density at radius 3 is 2.45 bits per heavy atom. The van der Waals surface area contributed by atoms with Crippen molar-refractivity contribution in [3.8, 4) is 11.4 Å². The van der Waals surface area contributed by atoms with Crippen molar-refractivity contribution in [1.82, 2.24) is 14.8 Å². The van der Waals surface area contributed by atoms with Crippen molar-refractivity contribution in [3.63, 3.8) is 0 Å². The van der Waals surface area contributed by atoms with Gasteiger partial charge in [-0.05, 0) is 23.7 Å². The number of rotatable bonds is 3. The molecule has 0 atom stereocenters. The molecule has 1 aromatic carbocycles. The molecule has 0 radical (unpaired) electrons. The third-order valence-corrected chi connectivity index (χ3v) is 2.74. The van der Waals surface area contributed by atoms with Gasteiger partial charge in [0.1, 0.15) is 5.82 Å². The van der Waals surface area contributed by atoms with E-state index in [9.17, 15) is 13.2 Å². The zero-order valence-electron chi connectivity index (χ0n) is 10.6. The van der Waals surface area contributed by atoms with E-state index in [1.54, 1.807) is 6.07 Å². The molecule has 0 aliphatic carbocycles. The van der Waals surface area contributed by atoms with Gasteiger partial charge >= 0.3 is 6.36 Å². The van der Waals surface area contributed by atoms with Crippen LogP contribution in [-0.2, 0) is 0 Å². The molecular weight excluding hydrogens is 295 g/mol. The van der Waals surface area contributed by atoms with Crippen LogP contribution in [0, 0.1) is 0 Å². The number of aromatic nitrogens is 3. The minimum Gasteiger partial charge on any atom is -0.404 e. The highest BCUT2D eigenvalue weighted by Gasteiger charge is 2.32. The number of ether oxygens (including phenoxy) is 1. The van der Waals surface area contributed by atoms with Crippen LogP contribution in [0.4, 0.5) is 13.2 Å². The van der Waals surface area contributed by atoms with Crippen LogP contribution in [0.1, 0.15) is 25.6 Å². The van der Waals surface area contributed by atoms with E-state index < -0.39 is 6.36 Å². The Labute approximate surface area is 118 Å². The average molecular weight is 306 g/mol. The van der Waals surface area contributed by atoms with Crippen LogP contribution in [-0.4, -0.2) is 21.1 Å². The molecule has 0 saturated heterocycles. The molecule has 8 heteroatoms. The first-order chi connectivity index (χ1) is 9.29. The largest absolute Gasteiger partial charge is 0.573 e. The fourth-order valence-electron chi connectivity index (χ4n) is 1.73. The molecule has 1 heterocycles. The number of halogens is 4. The summed E-state index contributed by atoms with van der Waals surface area (Å²) in [5, 5.41) is 7.55. The van der Waals surface area contributed by atoms with E-state index in [1.807, 2.05) is 13.8 Å². The predicted octanol–water partition coefficient (Wildman–Crippen LogP) is 3.94. The second-order valence-corrected chi connectivity index (χ2v) is 4.67. The molecule has 0 unspecified atom stereocenters. The van der Waals surface area contributed by atoms with E-state index in [4.69, 9.17) is 11.6 Å². The van der Waals surface area contributed by atoms with E-state index in [1.165, 1.54) is 22.8 Å². The standard InChI is InChI=1S/C12H11ClF3N3O/c1-7(2)10-17-18-11(13)19(10)8-5-3-4-6-9(8)20-12(14,15)16/h3-7H,1-2H3. The topological polar surface area (TPSA) is 39.9 Å². The lowest BCUT2D eigenvalue weighted by atomic mass is 10.2. The lowest BCUT2D eigenvalue weighted by molar-refractivity contribution is -0.274. The van der Waals surface area contributed by atoms with Gasteiger partial charge in [0.25, 0.3) is 0 Å². The van der Waals surface area contributed by atoms with Crippen molar-refractivity contribution in [2.75, 3.05) is 0 Å². The molecule has 0 N–H and O–H groups in total. The Morgan fingerprint density at radius 1 is 1.20 bits per heavy atom. The first-order valence-corrected chi connectivity index (χ1v) is 6.13. The van der Waals surface area contributed by atoms with Crippen LogP contribution in [0.25, 0.3) is 5.69 Å². The van der Waals surface area contributed by atoms with Crippen molar-refractivity contribution < 1.29 is 17.9 Å². The summed E-state index contributed by atoms with van der Waals surface area (Å²) >= 11 is 5.92. The van der Waals surface area contributed by atoms with E-state index in [0.717, 1.165) is 0 Å². The molecule has 0 spiro atoms. The van der Waals surface area contributed by atoms with Crippen LogP contribution >= 0.6 is 11.6 Å². The fourth-order valence-corrected chi connectivity index (χ4v) is 1.94. The Morgan fingerprint density at radius 2 is 1.85 bits per heavy atom. The summed E-state index contributed by atoms with van der Waals surface area (Å²) in [7, 11) is 0. The fraction of sp³-hybridized carbons (Fsp3) is 0.333. The zero-order chi connectivity index (χ0) is 14.9. The number of benzene rings is 1. The quantitative estimate of drug-likeness (QED) is 0.862. The maximum absolute atomic E-state index is 12.4. The highest BCUT2D eigenvalue weighted by molar-refractivity contribution is 6.28.